The van der Waals surface area contributed by atoms with Crippen LogP contribution >= 0.6 is 0 Å². The Morgan fingerprint density at radius 2 is 2.14 bits per heavy atom. The zero-order valence-corrected chi connectivity index (χ0v) is 12.4. The summed E-state index contributed by atoms with van der Waals surface area (Å²) in [6, 6.07) is 4.10. The van der Waals surface area contributed by atoms with Crippen molar-refractivity contribution in [1.29, 1.82) is 0 Å². The molecule has 1 heterocycles. The first-order valence-electron chi connectivity index (χ1n) is 6.49. The largest absolute Gasteiger partial charge is 0.347 e. The van der Waals surface area contributed by atoms with Crippen molar-refractivity contribution in [3.8, 4) is 0 Å². The summed E-state index contributed by atoms with van der Waals surface area (Å²) >= 11 is 0. The van der Waals surface area contributed by atoms with Crippen molar-refractivity contribution < 1.29 is 12.8 Å². The van der Waals surface area contributed by atoms with E-state index in [2.05, 4.69) is 20.0 Å². The van der Waals surface area contributed by atoms with Gasteiger partial charge in [-0.15, -0.1) is 0 Å². The first-order chi connectivity index (χ1) is 10.0. The minimum Gasteiger partial charge on any atom is -0.347 e. The number of hydrogen-bond acceptors (Lipinski definition) is 4. The van der Waals surface area contributed by atoms with Gasteiger partial charge in [-0.05, 0) is 24.2 Å². The minimum atomic E-state index is -3.90. The molecule has 0 fully saturated rings. The van der Waals surface area contributed by atoms with Crippen LogP contribution in [0.25, 0.3) is 0 Å². The molecule has 0 spiro atoms. The summed E-state index contributed by atoms with van der Waals surface area (Å²) in [5.41, 5.74) is 1.30. The predicted molar refractivity (Wildman–Crippen MR) is 76.4 cm³/mol. The van der Waals surface area contributed by atoms with E-state index in [4.69, 9.17) is 0 Å². The third kappa shape index (κ3) is 4.10. The number of aromatic nitrogens is 2. The average molecular weight is 312 g/mol. The van der Waals surface area contributed by atoms with Gasteiger partial charge < -0.3 is 10.3 Å². The molecule has 0 aliphatic carbocycles. The third-order valence-corrected chi connectivity index (χ3v) is 4.31. The van der Waals surface area contributed by atoms with Gasteiger partial charge in [0.25, 0.3) is 0 Å². The molecular formula is C13H17FN4O2S. The summed E-state index contributed by atoms with van der Waals surface area (Å²) in [5.74, 6) is -0.762. The Balaban J connectivity index is 2.12. The van der Waals surface area contributed by atoms with E-state index in [1.165, 1.54) is 24.7 Å². The van der Waals surface area contributed by atoms with Crippen LogP contribution in [0.1, 0.15) is 18.2 Å². The highest BCUT2D eigenvalue weighted by Crippen LogP contribution is 2.16. The molecule has 0 atom stereocenters. The molecule has 0 saturated heterocycles. The van der Waals surface area contributed by atoms with E-state index in [-0.39, 0.29) is 11.4 Å². The van der Waals surface area contributed by atoms with Crippen LogP contribution in [-0.2, 0) is 23.1 Å². The van der Waals surface area contributed by atoms with Crippen molar-refractivity contribution in [3.05, 3.63) is 47.8 Å². The quantitative estimate of drug-likeness (QED) is 0.715. The highest BCUT2D eigenvalue weighted by atomic mass is 32.2. The number of halogens is 1. The number of hydrogen-bond donors (Lipinski definition) is 3. The molecule has 0 radical (unpaired) electrons. The highest BCUT2D eigenvalue weighted by molar-refractivity contribution is 7.89. The number of benzene rings is 1. The Morgan fingerprint density at radius 3 is 2.76 bits per heavy atom. The molecule has 0 aliphatic heterocycles. The van der Waals surface area contributed by atoms with Crippen molar-refractivity contribution in [2.75, 3.05) is 6.54 Å². The van der Waals surface area contributed by atoms with Crippen LogP contribution in [0.2, 0.25) is 0 Å². The molecule has 114 valence electrons. The zero-order valence-electron chi connectivity index (χ0n) is 11.6. The Labute approximate surface area is 122 Å². The average Bonchev–Trinajstić information content (AvgIpc) is 2.96. The van der Waals surface area contributed by atoms with E-state index in [1.54, 1.807) is 6.07 Å². The van der Waals surface area contributed by atoms with Crippen LogP contribution in [0.15, 0.2) is 35.6 Å². The second kappa shape index (κ2) is 6.79. The van der Waals surface area contributed by atoms with Gasteiger partial charge in [0, 0.05) is 18.4 Å². The summed E-state index contributed by atoms with van der Waals surface area (Å²) in [5, 5.41) is 3.05. The lowest BCUT2D eigenvalue weighted by Crippen LogP contribution is -2.24. The molecule has 1 aromatic carbocycles. The lowest BCUT2D eigenvalue weighted by molar-refractivity contribution is 0.554. The van der Waals surface area contributed by atoms with Crippen molar-refractivity contribution in [2.45, 2.75) is 24.9 Å². The Hall–Kier alpha value is -1.77. The summed E-state index contributed by atoms with van der Waals surface area (Å²) in [6.07, 6.45) is 2.94. The van der Waals surface area contributed by atoms with E-state index < -0.39 is 15.8 Å². The fourth-order valence-electron chi connectivity index (χ4n) is 1.77. The highest BCUT2D eigenvalue weighted by Gasteiger charge is 2.19. The smallest absolute Gasteiger partial charge is 0.243 e. The van der Waals surface area contributed by atoms with Crippen LogP contribution in [0.5, 0.6) is 0 Å². The van der Waals surface area contributed by atoms with Crippen molar-refractivity contribution >= 4 is 10.0 Å². The van der Waals surface area contributed by atoms with Gasteiger partial charge in [-0.3, -0.25) is 0 Å². The van der Waals surface area contributed by atoms with E-state index in [9.17, 15) is 12.8 Å². The number of sulfonamides is 1. The Kier molecular flexibility index (Phi) is 5.05. The number of rotatable bonds is 7. The van der Waals surface area contributed by atoms with Crippen molar-refractivity contribution in [1.82, 2.24) is 20.0 Å². The fourth-order valence-corrected chi connectivity index (χ4v) is 2.84. The van der Waals surface area contributed by atoms with Gasteiger partial charge in [-0.25, -0.2) is 22.5 Å². The molecule has 0 aliphatic rings. The second-order valence-electron chi connectivity index (χ2n) is 4.45. The number of nitrogens with zero attached hydrogens (tertiary/aromatic N) is 1. The molecule has 2 rings (SSSR count). The molecular weight excluding hydrogens is 295 g/mol. The summed E-state index contributed by atoms with van der Waals surface area (Å²) in [6.45, 7) is 3.22. The molecule has 6 nitrogen and oxygen atoms in total. The zero-order chi connectivity index (χ0) is 15.3. The molecule has 21 heavy (non-hydrogen) atoms. The Bertz CT molecular complexity index is 686. The lowest BCUT2D eigenvalue weighted by atomic mass is 10.2. The molecule has 0 saturated carbocycles. The first kappa shape index (κ1) is 15.6. The molecule has 8 heteroatoms. The van der Waals surface area contributed by atoms with Gasteiger partial charge in [0.2, 0.25) is 10.0 Å². The number of aromatic amines is 1. The Morgan fingerprint density at radius 1 is 1.33 bits per heavy atom. The van der Waals surface area contributed by atoms with Crippen LogP contribution in [-0.4, -0.2) is 24.9 Å². The topological polar surface area (TPSA) is 86.9 Å². The second-order valence-corrected chi connectivity index (χ2v) is 6.18. The third-order valence-electron chi connectivity index (χ3n) is 2.87. The van der Waals surface area contributed by atoms with E-state index >= 15 is 0 Å². The van der Waals surface area contributed by atoms with Crippen LogP contribution in [0, 0.1) is 5.82 Å². The van der Waals surface area contributed by atoms with Crippen molar-refractivity contribution in [2.24, 2.45) is 0 Å². The summed E-state index contributed by atoms with van der Waals surface area (Å²) in [7, 11) is -3.90. The van der Waals surface area contributed by atoms with Gasteiger partial charge in [0.05, 0.1) is 12.9 Å². The van der Waals surface area contributed by atoms with Crippen molar-refractivity contribution in [3.63, 3.8) is 0 Å². The normalized spacial score (nSPS) is 11.7. The number of imidazole rings is 1. The first-order valence-corrected chi connectivity index (χ1v) is 7.97. The predicted octanol–water partition coefficient (Wildman–Crippen LogP) is 1.14. The maximum atomic E-state index is 14.0. The molecule has 1 aromatic heterocycles. The van der Waals surface area contributed by atoms with Crippen LogP contribution in [0.4, 0.5) is 4.39 Å². The monoisotopic (exact) mass is 312 g/mol. The fraction of sp³-hybridized carbons (Fsp3) is 0.308. The van der Waals surface area contributed by atoms with Gasteiger partial charge in [0.15, 0.2) is 0 Å². The molecule has 2 aromatic rings. The summed E-state index contributed by atoms with van der Waals surface area (Å²) in [4.78, 5) is 6.19. The van der Waals surface area contributed by atoms with Crippen LogP contribution in [0.3, 0.4) is 0 Å². The minimum absolute atomic E-state index is 0.0287. The maximum absolute atomic E-state index is 14.0. The molecule has 0 amide bonds. The van der Waals surface area contributed by atoms with E-state index in [0.29, 0.717) is 17.8 Å². The van der Waals surface area contributed by atoms with E-state index in [1.807, 2.05) is 6.92 Å². The van der Waals surface area contributed by atoms with Gasteiger partial charge >= 0.3 is 0 Å². The van der Waals surface area contributed by atoms with E-state index in [0.717, 1.165) is 6.54 Å². The molecule has 3 N–H and O–H groups in total. The van der Waals surface area contributed by atoms with Crippen LogP contribution < -0.4 is 10.0 Å². The lowest BCUT2D eigenvalue weighted by Gasteiger charge is -2.08. The maximum Gasteiger partial charge on any atom is 0.243 e. The van der Waals surface area contributed by atoms with Gasteiger partial charge in [-0.1, -0.05) is 13.0 Å². The van der Waals surface area contributed by atoms with Gasteiger partial charge in [0.1, 0.15) is 10.7 Å². The van der Waals surface area contributed by atoms with Gasteiger partial charge in [-0.2, -0.15) is 0 Å². The SMILES string of the molecule is CCNCc1ccc(S(=O)(=O)NCc2cnc[nH]2)c(F)c1. The number of nitrogens with one attached hydrogen (secondary N) is 3. The molecule has 0 unspecified atom stereocenters. The standard InChI is InChI=1S/C13H17FN4O2S/c1-2-15-6-10-3-4-13(12(14)5-10)21(19,20)18-8-11-7-16-9-17-11/h3-5,7,9,15,18H,2,6,8H2,1H3,(H,16,17). The molecule has 0 bridgehead atoms. The summed E-state index contributed by atoms with van der Waals surface area (Å²) < 4.78 is 40.4. The number of H-pyrrole nitrogens is 1.